The van der Waals surface area contributed by atoms with E-state index in [1.807, 2.05) is 0 Å². The van der Waals surface area contributed by atoms with Gasteiger partial charge in [-0.25, -0.2) is 0 Å². The first-order valence-electron chi connectivity index (χ1n) is 9.03. The molecule has 0 atom stereocenters. The summed E-state index contributed by atoms with van der Waals surface area (Å²) in [6, 6.07) is 0. The van der Waals surface area contributed by atoms with Crippen molar-refractivity contribution in [2.45, 2.75) is 109 Å². The zero-order valence-electron chi connectivity index (χ0n) is 14.0. The van der Waals surface area contributed by atoms with Crippen molar-refractivity contribution >= 4 is 6.29 Å². The van der Waals surface area contributed by atoms with Gasteiger partial charge in [0.05, 0.1) is 0 Å². The van der Waals surface area contributed by atoms with Gasteiger partial charge in [-0.15, -0.1) is 0 Å². The molecule has 0 unspecified atom stereocenters. The Morgan fingerprint density at radius 2 is 1.00 bits per heavy atom. The summed E-state index contributed by atoms with van der Waals surface area (Å²) in [7, 11) is 0. The first kappa shape index (κ1) is 20.6. The predicted molar refractivity (Wildman–Crippen MR) is 88.2 cm³/mol. The SMILES string of the molecule is CCCCCCCCCCCCCCCCC(O)(O)C=O. The molecule has 21 heavy (non-hydrogen) atoms. The maximum absolute atomic E-state index is 10.3. The number of unbranched alkanes of at least 4 members (excludes halogenated alkanes) is 13. The monoisotopic (exact) mass is 300 g/mol. The summed E-state index contributed by atoms with van der Waals surface area (Å²) in [5.74, 6) is -2.10. The Hall–Kier alpha value is -0.410. The van der Waals surface area contributed by atoms with Crippen molar-refractivity contribution in [1.82, 2.24) is 0 Å². The first-order chi connectivity index (χ1) is 10.1. The number of aldehydes is 1. The zero-order valence-corrected chi connectivity index (χ0v) is 14.0. The average Bonchev–Trinajstić information content (AvgIpc) is 2.47. The lowest BCUT2D eigenvalue weighted by Gasteiger charge is -2.13. The fourth-order valence-electron chi connectivity index (χ4n) is 2.64. The molecule has 0 aromatic heterocycles. The van der Waals surface area contributed by atoms with Gasteiger partial charge in [0.25, 0.3) is 0 Å². The third-order valence-electron chi connectivity index (χ3n) is 4.09. The summed E-state index contributed by atoms with van der Waals surface area (Å²) in [6.07, 6.45) is 18.1. The van der Waals surface area contributed by atoms with E-state index < -0.39 is 5.79 Å². The van der Waals surface area contributed by atoms with E-state index in [9.17, 15) is 4.79 Å². The van der Waals surface area contributed by atoms with Gasteiger partial charge < -0.3 is 10.2 Å². The molecule has 126 valence electrons. The lowest BCUT2D eigenvalue weighted by molar-refractivity contribution is -0.171. The minimum Gasteiger partial charge on any atom is -0.360 e. The molecule has 0 aromatic rings. The molecular formula is C18H36O3. The molecule has 0 heterocycles. The molecule has 0 saturated carbocycles. The van der Waals surface area contributed by atoms with Crippen LogP contribution in [0.3, 0.4) is 0 Å². The Balaban J connectivity index is 3.08. The van der Waals surface area contributed by atoms with Crippen LogP contribution in [0.1, 0.15) is 103 Å². The fraction of sp³-hybridized carbons (Fsp3) is 0.944. The highest BCUT2D eigenvalue weighted by Gasteiger charge is 2.20. The van der Waals surface area contributed by atoms with E-state index in [1.165, 1.54) is 70.6 Å². The number of hydrogen-bond donors (Lipinski definition) is 2. The van der Waals surface area contributed by atoms with Crippen molar-refractivity contribution < 1.29 is 15.0 Å². The molecule has 0 aliphatic rings. The Morgan fingerprint density at radius 3 is 1.33 bits per heavy atom. The molecule has 3 nitrogen and oxygen atoms in total. The molecule has 2 N–H and O–H groups in total. The highest BCUT2D eigenvalue weighted by molar-refractivity contribution is 5.58. The summed E-state index contributed by atoms with van der Waals surface area (Å²) in [4.78, 5) is 10.3. The van der Waals surface area contributed by atoms with Gasteiger partial charge in [0, 0.05) is 6.42 Å². The van der Waals surface area contributed by atoms with Gasteiger partial charge in [-0.3, -0.25) is 4.79 Å². The number of rotatable bonds is 16. The predicted octanol–water partition coefficient (Wildman–Crippen LogP) is 4.74. The van der Waals surface area contributed by atoms with Crippen molar-refractivity contribution in [2.75, 3.05) is 0 Å². The van der Waals surface area contributed by atoms with Crippen molar-refractivity contribution in [3.8, 4) is 0 Å². The van der Waals surface area contributed by atoms with Gasteiger partial charge in [-0.1, -0.05) is 90.4 Å². The van der Waals surface area contributed by atoms with E-state index in [0.29, 0.717) is 6.42 Å². The van der Waals surface area contributed by atoms with E-state index in [1.54, 1.807) is 0 Å². The van der Waals surface area contributed by atoms with Gasteiger partial charge in [0.2, 0.25) is 5.79 Å². The Bertz CT molecular complexity index is 227. The Labute approximate surface area is 131 Å². The third-order valence-corrected chi connectivity index (χ3v) is 4.09. The van der Waals surface area contributed by atoms with E-state index in [4.69, 9.17) is 10.2 Å². The minimum absolute atomic E-state index is 0.161. The van der Waals surface area contributed by atoms with Crippen molar-refractivity contribution in [3.05, 3.63) is 0 Å². The maximum Gasteiger partial charge on any atom is 0.220 e. The number of aliphatic hydroxyl groups is 2. The molecule has 0 fully saturated rings. The largest absolute Gasteiger partial charge is 0.360 e. The second-order valence-electron chi connectivity index (χ2n) is 6.34. The van der Waals surface area contributed by atoms with Crippen LogP contribution in [0.5, 0.6) is 0 Å². The summed E-state index contributed by atoms with van der Waals surface area (Å²) >= 11 is 0. The summed E-state index contributed by atoms with van der Waals surface area (Å²) in [5.41, 5.74) is 0. The maximum atomic E-state index is 10.3. The highest BCUT2D eigenvalue weighted by Crippen LogP contribution is 2.14. The first-order valence-corrected chi connectivity index (χ1v) is 9.03. The summed E-state index contributed by atoms with van der Waals surface area (Å²) < 4.78 is 0. The zero-order chi connectivity index (χ0) is 15.8. The van der Waals surface area contributed by atoms with Crippen LogP contribution in [0.15, 0.2) is 0 Å². The van der Waals surface area contributed by atoms with Gasteiger partial charge in [0.15, 0.2) is 6.29 Å². The Kier molecular flexibility index (Phi) is 14.2. The molecule has 0 rings (SSSR count). The number of carbonyl (C=O) groups excluding carboxylic acids is 1. The fourth-order valence-corrected chi connectivity index (χ4v) is 2.64. The Morgan fingerprint density at radius 1 is 0.667 bits per heavy atom. The second kappa shape index (κ2) is 14.5. The topological polar surface area (TPSA) is 57.5 Å². The molecule has 0 radical (unpaired) electrons. The van der Waals surface area contributed by atoms with Crippen LogP contribution in [-0.4, -0.2) is 22.3 Å². The molecule has 3 heteroatoms. The van der Waals surface area contributed by atoms with Crippen LogP contribution in [0.2, 0.25) is 0 Å². The molecule has 0 bridgehead atoms. The van der Waals surface area contributed by atoms with Crippen LogP contribution in [0.4, 0.5) is 0 Å². The van der Waals surface area contributed by atoms with Gasteiger partial charge in [-0.2, -0.15) is 0 Å². The van der Waals surface area contributed by atoms with E-state index in [2.05, 4.69) is 6.92 Å². The van der Waals surface area contributed by atoms with Crippen LogP contribution in [-0.2, 0) is 4.79 Å². The van der Waals surface area contributed by atoms with Crippen LogP contribution >= 0.6 is 0 Å². The molecule has 0 spiro atoms. The van der Waals surface area contributed by atoms with Crippen LogP contribution < -0.4 is 0 Å². The second-order valence-corrected chi connectivity index (χ2v) is 6.34. The molecule has 0 amide bonds. The standard InChI is InChI=1S/C18H36O3/c1-2-3-4-5-6-7-8-9-10-11-12-13-14-15-16-18(20,21)17-19/h17,20-21H,2-16H2,1H3. The minimum atomic E-state index is -2.10. The van der Waals surface area contributed by atoms with E-state index in [0.717, 1.165) is 12.8 Å². The van der Waals surface area contributed by atoms with Crippen molar-refractivity contribution in [3.63, 3.8) is 0 Å². The van der Waals surface area contributed by atoms with E-state index >= 15 is 0 Å². The van der Waals surface area contributed by atoms with Gasteiger partial charge in [0.1, 0.15) is 0 Å². The molecule has 0 aliphatic carbocycles. The van der Waals surface area contributed by atoms with Crippen molar-refractivity contribution in [1.29, 1.82) is 0 Å². The lowest BCUT2D eigenvalue weighted by atomic mass is 10.0. The van der Waals surface area contributed by atoms with Gasteiger partial charge in [-0.05, 0) is 6.42 Å². The quantitative estimate of drug-likeness (QED) is 0.246. The summed E-state index contributed by atoms with van der Waals surface area (Å²) in [5, 5.41) is 18.2. The normalized spacial score (nSPS) is 11.8. The summed E-state index contributed by atoms with van der Waals surface area (Å²) in [6.45, 7) is 2.26. The molecular weight excluding hydrogens is 264 g/mol. The van der Waals surface area contributed by atoms with Gasteiger partial charge >= 0.3 is 0 Å². The third kappa shape index (κ3) is 15.8. The smallest absolute Gasteiger partial charge is 0.220 e. The number of hydrogen-bond acceptors (Lipinski definition) is 3. The number of carbonyl (C=O) groups is 1. The van der Waals surface area contributed by atoms with E-state index in [-0.39, 0.29) is 12.7 Å². The molecule has 0 aromatic carbocycles. The van der Waals surface area contributed by atoms with Crippen LogP contribution in [0.25, 0.3) is 0 Å². The average molecular weight is 300 g/mol. The lowest BCUT2D eigenvalue weighted by Crippen LogP contribution is -2.29. The molecule has 0 aliphatic heterocycles. The van der Waals surface area contributed by atoms with Crippen LogP contribution in [0, 0.1) is 0 Å². The van der Waals surface area contributed by atoms with Crippen molar-refractivity contribution in [2.24, 2.45) is 0 Å². The molecule has 0 saturated heterocycles. The highest BCUT2D eigenvalue weighted by atomic mass is 16.5.